The summed E-state index contributed by atoms with van der Waals surface area (Å²) in [6, 6.07) is 13.5. The Kier molecular flexibility index (Phi) is 45.1. The van der Waals surface area contributed by atoms with Crippen molar-refractivity contribution < 1.29 is 10.2 Å². The summed E-state index contributed by atoms with van der Waals surface area (Å²) in [6.07, 6.45) is 65.1. The Bertz CT molecular complexity index is 2350. The molecule has 0 aliphatic carbocycles. The van der Waals surface area contributed by atoms with E-state index >= 15 is 0 Å². The molecule has 0 amide bonds. The molecule has 2 aliphatic heterocycles. The van der Waals surface area contributed by atoms with Gasteiger partial charge in [-0.05, 0) is 122 Å². The zero-order valence-corrected chi connectivity index (χ0v) is 63.1. The van der Waals surface area contributed by atoms with Gasteiger partial charge in [0.05, 0.1) is 28.3 Å². The molecule has 0 unspecified atom stereocenters. The largest absolute Gasteiger partial charge is 0.507 e. The predicted octanol–water partition coefficient (Wildman–Crippen LogP) is 29.5. The summed E-state index contributed by atoms with van der Waals surface area (Å²) in [5.74, 6) is 3.14. The fourth-order valence-corrected chi connectivity index (χ4v) is 21.2. The average molecular weight is 1340 g/mol. The molecule has 2 aliphatic rings. The Morgan fingerprint density at radius 2 is 0.578 bits per heavy atom. The molecule has 0 spiro atoms. The summed E-state index contributed by atoms with van der Waals surface area (Å²) >= 11 is 12.1. The fourth-order valence-electron chi connectivity index (χ4n) is 12.4. The lowest BCUT2D eigenvalue weighted by Crippen LogP contribution is -1.97. The van der Waals surface area contributed by atoms with Crippen LogP contribution in [0.15, 0.2) is 73.1 Å². The van der Waals surface area contributed by atoms with Crippen LogP contribution in [0.3, 0.4) is 0 Å². The van der Waals surface area contributed by atoms with E-state index in [-0.39, 0.29) is 0 Å². The number of unbranched alkanes of at least 4 members (excludes halogenated alkanes) is 38. The minimum absolute atomic E-state index is 0.374. The number of aliphatic imine (C=N–C) groups is 2. The molecule has 0 fully saturated rings. The third-order valence-electron chi connectivity index (χ3n) is 18.1. The topological polar surface area (TPSA) is 65.2 Å². The van der Waals surface area contributed by atoms with Crippen LogP contribution >= 0.6 is 70.6 Å². The maximum Gasteiger partial charge on any atom is 0.127 e. The molecular weight excluding hydrogens is 1210 g/mol. The second-order valence-electron chi connectivity index (χ2n) is 26.4. The number of nitrogens with zero attached hydrogens (tertiary/aromatic N) is 2. The summed E-state index contributed by atoms with van der Waals surface area (Å²) in [6.45, 7) is 13.8. The number of fused-ring (bicyclic) bond motifs is 1. The highest BCUT2D eigenvalue weighted by molar-refractivity contribution is 8.42. The maximum absolute atomic E-state index is 12.1. The van der Waals surface area contributed by atoms with Crippen LogP contribution in [0.25, 0.3) is 0 Å². The van der Waals surface area contributed by atoms with E-state index in [1.807, 2.05) is 59.5 Å². The number of phenols is 2. The number of benzene rings is 3. The van der Waals surface area contributed by atoms with Gasteiger partial charge < -0.3 is 10.2 Å². The maximum atomic E-state index is 12.1. The van der Waals surface area contributed by atoms with Crippen molar-refractivity contribution in [2.75, 3.05) is 11.5 Å². The van der Waals surface area contributed by atoms with Crippen LogP contribution in [0.5, 0.6) is 11.5 Å². The smallest absolute Gasteiger partial charge is 0.127 e. The lowest BCUT2D eigenvalue weighted by atomic mass is 9.96. The summed E-state index contributed by atoms with van der Waals surface area (Å²) in [4.78, 5) is 13.1. The summed E-state index contributed by atoms with van der Waals surface area (Å²) in [5, 5.41) is 24.2. The molecule has 5 rings (SSSR count). The van der Waals surface area contributed by atoms with Crippen molar-refractivity contribution in [3.63, 3.8) is 0 Å². The van der Waals surface area contributed by atoms with E-state index in [0.29, 0.717) is 11.5 Å². The Hall–Kier alpha value is -1.82. The lowest BCUT2D eigenvalue weighted by molar-refractivity contribution is 0.464. The van der Waals surface area contributed by atoms with Gasteiger partial charge in [-0.25, -0.2) is 0 Å². The van der Waals surface area contributed by atoms with Gasteiger partial charge in [0.25, 0.3) is 0 Å². The first-order valence-electron chi connectivity index (χ1n) is 37.7. The van der Waals surface area contributed by atoms with Gasteiger partial charge in [-0.3, -0.25) is 9.98 Å². The number of hydrogen-bond acceptors (Lipinski definition) is 10. The van der Waals surface area contributed by atoms with E-state index in [1.54, 1.807) is 0 Å². The quantitative estimate of drug-likeness (QED) is 0.0428. The van der Waals surface area contributed by atoms with Gasteiger partial charge >= 0.3 is 0 Å². The van der Waals surface area contributed by atoms with Crippen molar-refractivity contribution in [3.05, 3.63) is 86.7 Å². The van der Waals surface area contributed by atoms with E-state index in [9.17, 15) is 10.2 Å². The molecule has 10 heteroatoms. The van der Waals surface area contributed by atoms with Crippen LogP contribution in [0, 0.1) is 0 Å². The third-order valence-corrected chi connectivity index (χ3v) is 26.8. The van der Waals surface area contributed by atoms with E-state index in [4.69, 9.17) is 9.98 Å². The van der Waals surface area contributed by atoms with Crippen LogP contribution in [0.1, 0.15) is 357 Å². The molecule has 0 atom stereocenters. The zero-order chi connectivity index (χ0) is 63.9. The van der Waals surface area contributed by atoms with Crippen LogP contribution < -0.4 is 0 Å². The minimum atomic E-state index is 0.374. The Labute approximate surface area is 579 Å². The Balaban J connectivity index is 1.45. The SMILES string of the molecule is CCCCCCCCCCCCSC1=C(SCCCCCCCCCCCC)SC(=C2Sc3cc(N=Cc4cc(CCCCCCCC)cc(CCCCCCCC)c4O)c(N=Cc4cc(CCCCCCCC)cc(CCCCCCCC)c4O)cc3S2)S1. The minimum Gasteiger partial charge on any atom is -0.507 e. The molecule has 0 bridgehead atoms. The zero-order valence-electron chi connectivity index (χ0n) is 58.2. The highest BCUT2D eigenvalue weighted by Crippen LogP contribution is 2.65. The third kappa shape index (κ3) is 32.7. The number of aromatic hydroxyl groups is 2. The van der Waals surface area contributed by atoms with Crippen molar-refractivity contribution in [1.29, 1.82) is 0 Å². The molecule has 2 N–H and O–H groups in total. The average Bonchev–Trinajstić information content (AvgIpc) is 2.72. The predicted molar refractivity (Wildman–Crippen MR) is 415 cm³/mol. The lowest BCUT2D eigenvalue weighted by Gasteiger charge is -2.12. The van der Waals surface area contributed by atoms with Crippen LogP contribution in [-0.2, 0) is 25.7 Å². The number of phenolic OH excluding ortho intramolecular Hbond substituents is 2. The number of rotatable bonds is 56. The van der Waals surface area contributed by atoms with Crippen molar-refractivity contribution in [2.24, 2.45) is 9.98 Å². The van der Waals surface area contributed by atoms with Gasteiger partial charge in [0.15, 0.2) is 0 Å². The molecule has 3 aromatic carbocycles. The molecule has 506 valence electrons. The standard InChI is InChI=1S/C80H128N2O2S6/c1-7-13-19-25-31-33-35-37-43-49-55-85-77-78(86-56-50-44-38-36-34-32-26-20-14-8-2)90-80(89-77)79-87-73-61-71(81-63-69-59-65(51-45-39-27-21-15-9-3)57-67(75(69)83)53-47-41-29-23-17-11-5)72(62-74(73)88-79)82-64-70-60-66(52-46-40-28-22-16-10-4)58-68(76(70)84)54-48-42-30-24-18-12-6/h57-64,83-84H,7-56H2,1-6H3. The molecule has 2 heterocycles. The molecule has 0 radical (unpaired) electrons. The highest BCUT2D eigenvalue weighted by Gasteiger charge is 2.30. The van der Waals surface area contributed by atoms with Gasteiger partial charge in [0, 0.05) is 33.3 Å². The highest BCUT2D eigenvalue weighted by atomic mass is 32.3. The fraction of sp³-hybridized carbons (Fsp3) is 0.700. The van der Waals surface area contributed by atoms with E-state index < -0.39 is 0 Å². The summed E-state index contributed by atoms with van der Waals surface area (Å²) < 4.78 is 5.82. The number of hydrogen-bond donors (Lipinski definition) is 2. The molecular formula is C80H128N2O2S6. The molecule has 90 heavy (non-hydrogen) atoms. The number of thioether (sulfide) groups is 6. The van der Waals surface area contributed by atoms with Crippen molar-refractivity contribution >= 4 is 94.4 Å². The Morgan fingerprint density at radius 1 is 0.311 bits per heavy atom. The van der Waals surface area contributed by atoms with Gasteiger partial charge in [-0.15, -0.1) is 23.5 Å². The van der Waals surface area contributed by atoms with Crippen molar-refractivity contribution in [2.45, 2.75) is 360 Å². The van der Waals surface area contributed by atoms with Crippen molar-refractivity contribution in [3.8, 4) is 11.5 Å². The summed E-state index contributed by atoms with van der Waals surface area (Å²) in [7, 11) is 0. The second kappa shape index (κ2) is 51.5. The molecule has 3 aromatic rings. The van der Waals surface area contributed by atoms with Gasteiger partial charge in [-0.1, -0.05) is 345 Å². The first-order valence-corrected chi connectivity index (χ1v) is 43.0. The van der Waals surface area contributed by atoms with Gasteiger partial charge in [0.1, 0.15) is 11.5 Å². The van der Waals surface area contributed by atoms with Crippen molar-refractivity contribution in [1.82, 2.24) is 0 Å². The normalized spacial score (nSPS) is 13.5. The monoisotopic (exact) mass is 1340 g/mol. The van der Waals surface area contributed by atoms with Crippen LogP contribution in [-0.4, -0.2) is 34.1 Å². The van der Waals surface area contributed by atoms with Crippen LogP contribution in [0.4, 0.5) is 11.4 Å². The molecule has 0 saturated heterocycles. The Morgan fingerprint density at radius 3 is 0.889 bits per heavy atom. The van der Waals surface area contributed by atoms with Gasteiger partial charge in [0.2, 0.25) is 0 Å². The van der Waals surface area contributed by atoms with Gasteiger partial charge in [-0.2, -0.15) is 0 Å². The van der Waals surface area contributed by atoms with E-state index in [1.165, 1.54) is 306 Å². The molecule has 0 saturated carbocycles. The van der Waals surface area contributed by atoms with Crippen LogP contribution in [0.2, 0.25) is 0 Å². The number of aryl methyl sites for hydroxylation is 4. The van der Waals surface area contributed by atoms with E-state index in [2.05, 4.69) is 101 Å². The van der Waals surface area contributed by atoms with E-state index in [0.717, 1.165) is 85.0 Å². The molecule has 0 aromatic heterocycles. The first-order chi connectivity index (χ1) is 44.3. The summed E-state index contributed by atoms with van der Waals surface area (Å²) in [5.41, 5.74) is 7.91. The molecule has 4 nitrogen and oxygen atoms in total. The second-order valence-corrected chi connectivity index (χ2v) is 33.8. The first kappa shape index (κ1) is 78.9.